The molecule has 2 heterocycles. The van der Waals surface area contributed by atoms with Crippen LogP contribution < -0.4 is 0 Å². The molecule has 1 aliphatic carbocycles. The van der Waals surface area contributed by atoms with Gasteiger partial charge < -0.3 is 14.5 Å². The Balaban J connectivity index is 1.64. The molecule has 3 unspecified atom stereocenters. The van der Waals surface area contributed by atoms with Crippen molar-refractivity contribution in [1.29, 1.82) is 0 Å². The van der Waals surface area contributed by atoms with Crippen LogP contribution in [0.25, 0.3) is 0 Å². The van der Waals surface area contributed by atoms with Gasteiger partial charge in [0.15, 0.2) is 11.5 Å². The number of fused-ring (bicyclic) bond motifs is 1. The number of ketones is 1. The van der Waals surface area contributed by atoms with E-state index in [-0.39, 0.29) is 29.8 Å². The van der Waals surface area contributed by atoms with E-state index in [1.807, 2.05) is 29.2 Å². The zero-order valence-corrected chi connectivity index (χ0v) is 19.5. The second-order valence-corrected chi connectivity index (χ2v) is 9.40. The van der Waals surface area contributed by atoms with Crippen molar-refractivity contribution in [2.75, 3.05) is 26.2 Å². The lowest BCUT2D eigenvalue weighted by atomic mass is 9.77. The third-order valence-electron chi connectivity index (χ3n) is 6.81. The summed E-state index contributed by atoms with van der Waals surface area (Å²) in [6.45, 7) is 7.87. The summed E-state index contributed by atoms with van der Waals surface area (Å²) < 4.78 is 7.20. The molecule has 2 aliphatic heterocycles. The molecule has 0 saturated heterocycles. The number of nitrogens with zero attached hydrogens (tertiary/aromatic N) is 2. The summed E-state index contributed by atoms with van der Waals surface area (Å²) in [5, 5.41) is 0. The van der Waals surface area contributed by atoms with Gasteiger partial charge in [-0.3, -0.25) is 9.59 Å². The van der Waals surface area contributed by atoms with Gasteiger partial charge in [-0.25, -0.2) is 0 Å². The SMILES string of the molecule is CCN(CC)CCCN1C(=O)C2=C(C(=O)C3CCCCC3O2)C1c1ccc(Br)cc1. The number of amides is 1. The first kappa shape index (κ1) is 21.6. The summed E-state index contributed by atoms with van der Waals surface area (Å²) in [5.74, 6) is 0.237. The molecule has 0 aromatic heterocycles. The molecule has 0 radical (unpaired) electrons. The minimum Gasteiger partial charge on any atom is -0.483 e. The molecule has 0 bridgehead atoms. The van der Waals surface area contributed by atoms with Gasteiger partial charge in [-0.15, -0.1) is 0 Å². The lowest BCUT2D eigenvalue weighted by molar-refractivity contribution is -0.135. The van der Waals surface area contributed by atoms with E-state index in [4.69, 9.17) is 4.74 Å². The number of rotatable bonds is 7. The van der Waals surface area contributed by atoms with Crippen LogP contribution in [0.1, 0.15) is 57.6 Å². The fourth-order valence-electron chi connectivity index (χ4n) is 5.12. The zero-order chi connectivity index (χ0) is 21.3. The van der Waals surface area contributed by atoms with Crippen LogP contribution in [0.5, 0.6) is 0 Å². The number of ether oxygens (including phenoxy) is 1. The number of halogens is 1. The summed E-state index contributed by atoms with van der Waals surface area (Å²) >= 11 is 3.49. The molecule has 1 amide bonds. The number of hydrogen-bond donors (Lipinski definition) is 0. The van der Waals surface area contributed by atoms with Gasteiger partial charge in [-0.1, -0.05) is 48.3 Å². The van der Waals surface area contributed by atoms with Crippen LogP contribution in [0.3, 0.4) is 0 Å². The van der Waals surface area contributed by atoms with Gasteiger partial charge in [-0.2, -0.15) is 0 Å². The number of carbonyl (C=O) groups excluding carboxylic acids is 2. The van der Waals surface area contributed by atoms with Crippen molar-refractivity contribution in [2.45, 2.75) is 58.1 Å². The van der Waals surface area contributed by atoms with E-state index in [9.17, 15) is 9.59 Å². The molecular formula is C24H31BrN2O3. The fraction of sp³-hybridized carbons (Fsp3) is 0.583. The number of carbonyl (C=O) groups is 2. The Hall–Kier alpha value is -1.66. The summed E-state index contributed by atoms with van der Waals surface area (Å²) in [7, 11) is 0. The third kappa shape index (κ3) is 3.96. The molecule has 3 atom stereocenters. The molecule has 1 fully saturated rings. The van der Waals surface area contributed by atoms with Crippen molar-refractivity contribution in [1.82, 2.24) is 9.80 Å². The van der Waals surface area contributed by atoms with Gasteiger partial charge in [0.25, 0.3) is 5.91 Å². The first-order valence-electron chi connectivity index (χ1n) is 11.3. The summed E-state index contributed by atoms with van der Waals surface area (Å²) in [6.07, 6.45) is 4.60. The Labute approximate surface area is 187 Å². The van der Waals surface area contributed by atoms with Gasteiger partial charge in [0.2, 0.25) is 0 Å². The van der Waals surface area contributed by atoms with E-state index < -0.39 is 0 Å². The van der Waals surface area contributed by atoms with Gasteiger partial charge in [0, 0.05) is 11.0 Å². The quantitative estimate of drug-likeness (QED) is 0.584. The Kier molecular flexibility index (Phi) is 6.63. The molecule has 1 aromatic rings. The monoisotopic (exact) mass is 474 g/mol. The molecule has 1 saturated carbocycles. The van der Waals surface area contributed by atoms with Crippen molar-refractivity contribution in [2.24, 2.45) is 5.92 Å². The molecule has 0 N–H and O–H groups in total. The first-order chi connectivity index (χ1) is 14.5. The first-order valence-corrected chi connectivity index (χ1v) is 12.1. The average molecular weight is 475 g/mol. The topological polar surface area (TPSA) is 49.9 Å². The third-order valence-corrected chi connectivity index (χ3v) is 7.34. The Bertz CT molecular complexity index is 831. The smallest absolute Gasteiger partial charge is 0.290 e. The number of benzene rings is 1. The molecule has 5 nitrogen and oxygen atoms in total. The predicted octanol–water partition coefficient (Wildman–Crippen LogP) is 4.48. The van der Waals surface area contributed by atoms with Crippen LogP contribution in [0.4, 0.5) is 0 Å². The second kappa shape index (κ2) is 9.23. The highest BCUT2D eigenvalue weighted by Crippen LogP contribution is 2.46. The zero-order valence-electron chi connectivity index (χ0n) is 17.9. The van der Waals surface area contributed by atoms with Crippen LogP contribution in [0.2, 0.25) is 0 Å². The van der Waals surface area contributed by atoms with Gasteiger partial charge >= 0.3 is 0 Å². The van der Waals surface area contributed by atoms with Crippen LogP contribution in [-0.2, 0) is 14.3 Å². The largest absolute Gasteiger partial charge is 0.483 e. The Morgan fingerprint density at radius 3 is 2.50 bits per heavy atom. The highest BCUT2D eigenvalue weighted by molar-refractivity contribution is 9.10. The summed E-state index contributed by atoms with van der Waals surface area (Å²) in [6, 6.07) is 7.63. The molecular weight excluding hydrogens is 444 g/mol. The normalized spacial score (nSPS) is 26.1. The van der Waals surface area contributed by atoms with Gasteiger partial charge in [0.05, 0.1) is 17.5 Å². The Morgan fingerprint density at radius 2 is 1.80 bits per heavy atom. The molecule has 4 rings (SSSR count). The summed E-state index contributed by atoms with van der Waals surface area (Å²) in [4.78, 5) is 31.1. The van der Waals surface area contributed by atoms with Crippen molar-refractivity contribution in [3.63, 3.8) is 0 Å². The van der Waals surface area contributed by atoms with Crippen LogP contribution in [0.15, 0.2) is 40.1 Å². The summed E-state index contributed by atoms with van der Waals surface area (Å²) in [5.41, 5.74) is 1.57. The number of hydrogen-bond acceptors (Lipinski definition) is 4. The van der Waals surface area contributed by atoms with E-state index in [1.165, 1.54) is 0 Å². The van der Waals surface area contributed by atoms with Crippen molar-refractivity contribution >= 4 is 27.6 Å². The van der Waals surface area contributed by atoms with Crippen molar-refractivity contribution in [3.8, 4) is 0 Å². The lowest BCUT2D eigenvalue weighted by Crippen LogP contribution is -2.39. The van der Waals surface area contributed by atoms with Gasteiger partial charge in [-0.05, 0) is 63.0 Å². The minimum atomic E-state index is -0.340. The van der Waals surface area contributed by atoms with Crippen LogP contribution in [0, 0.1) is 5.92 Å². The Morgan fingerprint density at radius 1 is 1.10 bits per heavy atom. The van der Waals surface area contributed by atoms with E-state index >= 15 is 0 Å². The van der Waals surface area contributed by atoms with Crippen LogP contribution >= 0.6 is 15.9 Å². The standard InChI is InChI=1S/C24H31BrN2O3/c1-3-26(4-2)14-7-15-27-21(16-10-12-17(25)13-11-16)20-22(28)18-8-5-6-9-19(18)30-23(20)24(27)29/h10-13,18-19,21H,3-9,14-15H2,1-2H3. The van der Waals surface area contributed by atoms with Crippen molar-refractivity contribution < 1.29 is 14.3 Å². The maximum atomic E-state index is 13.5. The second-order valence-electron chi connectivity index (χ2n) is 8.49. The lowest BCUT2D eigenvalue weighted by Gasteiger charge is -2.35. The van der Waals surface area contributed by atoms with E-state index in [0.717, 1.165) is 61.8 Å². The average Bonchev–Trinajstić information content (AvgIpc) is 3.04. The number of Topliss-reactive ketones (excluding diaryl/α,β-unsaturated/α-hetero) is 1. The van der Waals surface area contributed by atoms with E-state index in [1.54, 1.807) is 0 Å². The molecule has 1 aromatic carbocycles. The minimum absolute atomic E-state index is 0.0983. The molecule has 162 valence electrons. The fourth-order valence-corrected chi connectivity index (χ4v) is 5.38. The molecule has 6 heteroatoms. The van der Waals surface area contributed by atoms with E-state index in [2.05, 4.69) is 34.7 Å². The maximum absolute atomic E-state index is 13.5. The maximum Gasteiger partial charge on any atom is 0.290 e. The highest BCUT2D eigenvalue weighted by atomic mass is 79.9. The van der Waals surface area contributed by atoms with Crippen molar-refractivity contribution in [3.05, 3.63) is 45.6 Å². The molecule has 0 spiro atoms. The highest BCUT2D eigenvalue weighted by Gasteiger charge is 2.51. The molecule has 30 heavy (non-hydrogen) atoms. The van der Waals surface area contributed by atoms with Crippen LogP contribution in [-0.4, -0.2) is 53.8 Å². The van der Waals surface area contributed by atoms with E-state index in [0.29, 0.717) is 17.9 Å². The molecule has 3 aliphatic rings. The van der Waals surface area contributed by atoms with Gasteiger partial charge in [0.1, 0.15) is 6.10 Å². The predicted molar refractivity (Wildman–Crippen MR) is 120 cm³/mol.